The van der Waals surface area contributed by atoms with Crippen LogP contribution in [0.3, 0.4) is 0 Å². The molecule has 0 aliphatic heterocycles. The van der Waals surface area contributed by atoms with Crippen LogP contribution in [-0.4, -0.2) is 35.5 Å². The lowest BCUT2D eigenvalue weighted by Gasteiger charge is -2.07. The minimum Gasteiger partial charge on any atom is -0.465 e. The van der Waals surface area contributed by atoms with Gasteiger partial charge in [0.2, 0.25) is 5.95 Å². The van der Waals surface area contributed by atoms with Crippen molar-refractivity contribution in [1.29, 1.82) is 0 Å². The molecule has 0 saturated heterocycles. The SMILES string of the molecule is C=CCNc1ncc(C(=O)Nc2cccc(C(=O)OC)c2)cn1. The highest BCUT2D eigenvalue weighted by atomic mass is 16.5. The number of carbonyl (C=O) groups excluding carboxylic acids is 2. The predicted molar refractivity (Wildman–Crippen MR) is 86.5 cm³/mol. The van der Waals surface area contributed by atoms with Crippen molar-refractivity contribution in [1.82, 2.24) is 9.97 Å². The predicted octanol–water partition coefficient (Wildman–Crippen LogP) is 2.11. The Labute approximate surface area is 133 Å². The average Bonchev–Trinajstić information content (AvgIpc) is 2.59. The van der Waals surface area contributed by atoms with Gasteiger partial charge in [0.15, 0.2) is 0 Å². The molecule has 1 amide bonds. The van der Waals surface area contributed by atoms with Crippen LogP contribution < -0.4 is 10.6 Å². The van der Waals surface area contributed by atoms with Crippen molar-refractivity contribution < 1.29 is 14.3 Å². The van der Waals surface area contributed by atoms with E-state index < -0.39 is 5.97 Å². The van der Waals surface area contributed by atoms with Crippen molar-refractivity contribution in [2.45, 2.75) is 0 Å². The zero-order chi connectivity index (χ0) is 16.7. The summed E-state index contributed by atoms with van der Waals surface area (Å²) in [6, 6.07) is 6.46. The molecular weight excluding hydrogens is 296 g/mol. The van der Waals surface area contributed by atoms with Gasteiger partial charge in [-0.1, -0.05) is 12.1 Å². The average molecular weight is 312 g/mol. The number of esters is 1. The highest BCUT2D eigenvalue weighted by Crippen LogP contribution is 2.13. The fourth-order valence-electron chi connectivity index (χ4n) is 1.75. The van der Waals surface area contributed by atoms with Gasteiger partial charge in [0.1, 0.15) is 0 Å². The van der Waals surface area contributed by atoms with Gasteiger partial charge in [-0.3, -0.25) is 4.79 Å². The van der Waals surface area contributed by atoms with Crippen LogP contribution in [0.15, 0.2) is 49.3 Å². The Morgan fingerprint density at radius 1 is 1.26 bits per heavy atom. The van der Waals surface area contributed by atoms with Crippen molar-refractivity contribution >= 4 is 23.5 Å². The van der Waals surface area contributed by atoms with E-state index in [1.807, 2.05) is 0 Å². The highest BCUT2D eigenvalue weighted by molar-refractivity contribution is 6.04. The number of methoxy groups -OCH3 is 1. The first-order valence-electron chi connectivity index (χ1n) is 6.80. The summed E-state index contributed by atoms with van der Waals surface area (Å²) in [6.07, 6.45) is 4.51. The van der Waals surface area contributed by atoms with E-state index in [0.717, 1.165) is 0 Å². The zero-order valence-electron chi connectivity index (χ0n) is 12.6. The smallest absolute Gasteiger partial charge is 0.337 e. The van der Waals surface area contributed by atoms with E-state index in [2.05, 4.69) is 31.9 Å². The number of ether oxygens (including phenoxy) is 1. The number of aromatic nitrogens is 2. The maximum Gasteiger partial charge on any atom is 0.337 e. The molecule has 0 saturated carbocycles. The van der Waals surface area contributed by atoms with E-state index in [0.29, 0.717) is 29.3 Å². The summed E-state index contributed by atoms with van der Waals surface area (Å²) in [7, 11) is 1.30. The third-order valence-corrected chi connectivity index (χ3v) is 2.86. The maximum atomic E-state index is 12.1. The largest absolute Gasteiger partial charge is 0.465 e. The molecule has 2 N–H and O–H groups in total. The summed E-state index contributed by atoms with van der Waals surface area (Å²) in [4.78, 5) is 31.7. The number of anilines is 2. The number of hydrogen-bond acceptors (Lipinski definition) is 6. The number of rotatable bonds is 6. The molecule has 0 aliphatic carbocycles. The Morgan fingerprint density at radius 2 is 2.00 bits per heavy atom. The minimum atomic E-state index is -0.470. The van der Waals surface area contributed by atoms with Gasteiger partial charge in [-0.2, -0.15) is 0 Å². The van der Waals surface area contributed by atoms with Crippen molar-refractivity contribution in [2.24, 2.45) is 0 Å². The third-order valence-electron chi connectivity index (χ3n) is 2.86. The van der Waals surface area contributed by atoms with Crippen molar-refractivity contribution in [3.05, 3.63) is 60.4 Å². The van der Waals surface area contributed by atoms with Crippen LogP contribution >= 0.6 is 0 Å². The molecule has 23 heavy (non-hydrogen) atoms. The van der Waals surface area contributed by atoms with E-state index in [1.54, 1.807) is 24.3 Å². The van der Waals surface area contributed by atoms with E-state index in [1.165, 1.54) is 25.6 Å². The Morgan fingerprint density at radius 3 is 2.65 bits per heavy atom. The number of amides is 1. The van der Waals surface area contributed by atoms with Gasteiger partial charge in [0.25, 0.3) is 5.91 Å². The number of nitrogens with one attached hydrogen (secondary N) is 2. The summed E-state index contributed by atoms with van der Waals surface area (Å²) < 4.78 is 4.64. The maximum absolute atomic E-state index is 12.1. The molecule has 7 nitrogen and oxygen atoms in total. The molecule has 0 fully saturated rings. The lowest BCUT2D eigenvalue weighted by molar-refractivity contribution is 0.0600. The second kappa shape index (κ2) is 7.69. The fraction of sp³-hybridized carbons (Fsp3) is 0.125. The van der Waals surface area contributed by atoms with Gasteiger partial charge in [0.05, 0.1) is 18.2 Å². The summed E-state index contributed by atoms with van der Waals surface area (Å²) >= 11 is 0. The number of hydrogen-bond donors (Lipinski definition) is 2. The van der Waals surface area contributed by atoms with E-state index in [-0.39, 0.29) is 5.91 Å². The van der Waals surface area contributed by atoms with Gasteiger partial charge in [-0.05, 0) is 18.2 Å². The second-order valence-corrected chi connectivity index (χ2v) is 4.49. The summed E-state index contributed by atoms with van der Waals surface area (Å²) in [5.74, 6) is -0.432. The van der Waals surface area contributed by atoms with E-state index >= 15 is 0 Å². The molecule has 7 heteroatoms. The molecule has 1 aromatic carbocycles. The molecular formula is C16H16N4O3. The molecule has 0 aliphatic rings. The molecule has 0 radical (unpaired) electrons. The molecule has 1 heterocycles. The molecule has 0 bridgehead atoms. The third kappa shape index (κ3) is 4.37. The van der Waals surface area contributed by atoms with Gasteiger partial charge in [0, 0.05) is 24.6 Å². The van der Waals surface area contributed by atoms with Crippen LogP contribution in [0.25, 0.3) is 0 Å². The van der Waals surface area contributed by atoms with E-state index in [9.17, 15) is 9.59 Å². The normalized spacial score (nSPS) is 9.78. The highest BCUT2D eigenvalue weighted by Gasteiger charge is 2.10. The van der Waals surface area contributed by atoms with Crippen molar-refractivity contribution in [3.8, 4) is 0 Å². The van der Waals surface area contributed by atoms with Crippen LogP contribution in [0.5, 0.6) is 0 Å². The van der Waals surface area contributed by atoms with Gasteiger partial charge >= 0.3 is 5.97 Å². The van der Waals surface area contributed by atoms with Crippen LogP contribution in [0, 0.1) is 0 Å². The first-order chi connectivity index (χ1) is 11.1. The first-order valence-corrected chi connectivity index (χ1v) is 6.80. The Balaban J connectivity index is 2.06. The van der Waals surface area contributed by atoms with Crippen LogP contribution in [-0.2, 0) is 4.74 Å². The fourth-order valence-corrected chi connectivity index (χ4v) is 1.75. The number of nitrogens with zero attached hydrogens (tertiary/aromatic N) is 2. The van der Waals surface area contributed by atoms with Crippen molar-refractivity contribution in [2.75, 3.05) is 24.3 Å². The molecule has 0 atom stereocenters. The second-order valence-electron chi connectivity index (χ2n) is 4.49. The topological polar surface area (TPSA) is 93.2 Å². The quantitative estimate of drug-likeness (QED) is 0.627. The molecule has 2 aromatic rings. The Kier molecular flexibility index (Phi) is 5.40. The zero-order valence-corrected chi connectivity index (χ0v) is 12.6. The summed E-state index contributed by atoms with van der Waals surface area (Å²) in [5, 5.41) is 5.59. The van der Waals surface area contributed by atoms with Gasteiger partial charge in [-0.25, -0.2) is 14.8 Å². The molecule has 2 rings (SSSR count). The number of carbonyl (C=O) groups is 2. The van der Waals surface area contributed by atoms with Gasteiger partial charge < -0.3 is 15.4 Å². The lowest BCUT2D eigenvalue weighted by atomic mass is 10.2. The van der Waals surface area contributed by atoms with Crippen LogP contribution in [0.1, 0.15) is 20.7 Å². The molecule has 1 aromatic heterocycles. The monoisotopic (exact) mass is 312 g/mol. The van der Waals surface area contributed by atoms with Crippen molar-refractivity contribution in [3.63, 3.8) is 0 Å². The summed E-state index contributed by atoms with van der Waals surface area (Å²) in [6.45, 7) is 4.11. The van der Waals surface area contributed by atoms with Crippen LogP contribution in [0.2, 0.25) is 0 Å². The minimum absolute atomic E-state index is 0.303. The van der Waals surface area contributed by atoms with Crippen LogP contribution in [0.4, 0.5) is 11.6 Å². The first kappa shape index (κ1) is 16.2. The van der Waals surface area contributed by atoms with E-state index in [4.69, 9.17) is 0 Å². The molecule has 118 valence electrons. The standard InChI is InChI=1S/C16H16N4O3/c1-3-7-17-16-18-9-12(10-19-16)14(21)20-13-6-4-5-11(8-13)15(22)23-2/h3-6,8-10H,1,7H2,2H3,(H,20,21)(H,17,18,19). The number of benzene rings is 1. The Hall–Kier alpha value is -3.22. The molecule has 0 spiro atoms. The van der Waals surface area contributed by atoms with Gasteiger partial charge in [-0.15, -0.1) is 6.58 Å². The summed E-state index contributed by atoms with van der Waals surface area (Å²) in [5.41, 5.74) is 1.13. The molecule has 0 unspecified atom stereocenters. The Bertz CT molecular complexity index is 714. The lowest BCUT2D eigenvalue weighted by Crippen LogP contribution is -2.14.